The third kappa shape index (κ3) is 2.53. The van der Waals surface area contributed by atoms with Crippen LogP contribution < -0.4 is 10.6 Å². The van der Waals surface area contributed by atoms with Gasteiger partial charge in [0.2, 0.25) is 0 Å². The summed E-state index contributed by atoms with van der Waals surface area (Å²) in [5.41, 5.74) is 8.01. The Balaban J connectivity index is 2.11. The summed E-state index contributed by atoms with van der Waals surface area (Å²) in [6.07, 6.45) is 5.81. The maximum Gasteiger partial charge on any atom is 0.0569 e. The molecule has 1 aliphatic carbocycles. The number of nitrogens with two attached hydrogens (primary N) is 1. The van der Waals surface area contributed by atoms with E-state index in [0.717, 1.165) is 18.3 Å². The van der Waals surface area contributed by atoms with E-state index in [1.165, 1.54) is 24.9 Å². The molecule has 0 unspecified atom stereocenters. The second-order valence-electron chi connectivity index (χ2n) is 4.65. The van der Waals surface area contributed by atoms with Gasteiger partial charge in [-0.2, -0.15) is 0 Å². The largest absolute Gasteiger partial charge is 0.367 e. The van der Waals surface area contributed by atoms with Crippen LogP contribution in [0.3, 0.4) is 0 Å². The molecule has 0 aromatic carbocycles. The highest BCUT2D eigenvalue weighted by Crippen LogP contribution is 2.31. The minimum Gasteiger partial charge on any atom is -0.367 e. The van der Waals surface area contributed by atoms with Crippen LogP contribution in [0, 0.1) is 0 Å². The molecule has 0 spiro atoms. The highest BCUT2D eigenvalue weighted by atomic mass is 15.2. The van der Waals surface area contributed by atoms with Gasteiger partial charge in [0.15, 0.2) is 0 Å². The predicted molar refractivity (Wildman–Crippen MR) is 67.5 cm³/mol. The molecular formula is C13H21N3. The minimum absolute atomic E-state index is 0.0228. The molecule has 2 rings (SSSR count). The van der Waals surface area contributed by atoms with Crippen LogP contribution >= 0.6 is 0 Å². The summed E-state index contributed by atoms with van der Waals surface area (Å²) in [6.45, 7) is 5.32. The van der Waals surface area contributed by atoms with E-state index in [1.54, 1.807) is 0 Å². The molecule has 2 N–H and O–H groups in total. The first-order valence-corrected chi connectivity index (χ1v) is 6.20. The number of anilines is 1. The van der Waals surface area contributed by atoms with Crippen molar-refractivity contribution in [1.29, 1.82) is 0 Å². The predicted octanol–water partition coefficient (Wildman–Crippen LogP) is 2.48. The third-order valence-electron chi connectivity index (χ3n) is 3.02. The zero-order valence-electron chi connectivity index (χ0n) is 10.2. The molecule has 1 aliphatic rings. The van der Waals surface area contributed by atoms with E-state index in [9.17, 15) is 0 Å². The van der Waals surface area contributed by atoms with Gasteiger partial charge in [0, 0.05) is 18.6 Å². The Bertz CT molecular complexity index is 328. The van der Waals surface area contributed by atoms with Gasteiger partial charge in [-0.05, 0) is 38.3 Å². The Morgan fingerprint density at radius 3 is 2.69 bits per heavy atom. The third-order valence-corrected chi connectivity index (χ3v) is 3.02. The molecule has 3 nitrogen and oxygen atoms in total. The van der Waals surface area contributed by atoms with Gasteiger partial charge in [-0.3, -0.25) is 4.98 Å². The Hall–Kier alpha value is -1.09. The molecule has 0 amide bonds. The van der Waals surface area contributed by atoms with E-state index in [0.29, 0.717) is 0 Å². The van der Waals surface area contributed by atoms with Crippen molar-refractivity contribution in [2.75, 3.05) is 11.4 Å². The summed E-state index contributed by atoms with van der Waals surface area (Å²) in [6, 6.07) is 4.97. The molecule has 88 valence electrons. The van der Waals surface area contributed by atoms with Crippen LogP contribution in [-0.4, -0.2) is 17.6 Å². The van der Waals surface area contributed by atoms with Crippen LogP contribution in [0.15, 0.2) is 18.3 Å². The molecule has 3 heteroatoms. The molecule has 0 aliphatic heterocycles. The Morgan fingerprint density at radius 1 is 1.50 bits per heavy atom. The second-order valence-corrected chi connectivity index (χ2v) is 4.65. The average molecular weight is 219 g/mol. The molecule has 16 heavy (non-hydrogen) atoms. The van der Waals surface area contributed by atoms with Gasteiger partial charge in [0.1, 0.15) is 0 Å². The Morgan fingerprint density at radius 2 is 2.25 bits per heavy atom. The number of pyridine rings is 1. The monoisotopic (exact) mass is 219 g/mol. The molecule has 1 saturated carbocycles. The lowest BCUT2D eigenvalue weighted by Crippen LogP contribution is -2.26. The van der Waals surface area contributed by atoms with Crippen molar-refractivity contribution in [1.82, 2.24) is 4.98 Å². The molecule has 1 heterocycles. The molecule has 1 fully saturated rings. The van der Waals surface area contributed by atoms with Crippen molar-refractivity contribution in [3.63, 3.8) is 0 Å². The molecule has 1 atom stereocenters. The van der Waals surface area contributed by atoms with Gasteiger partial charge in [0.25, 0.3) is 0 Å². The normalized spacial score (nSPS) is 17.2. The maximum atomic E-state index is 5.79. The zero-order chi connectivity index (χ0) is 11.5. The lowest BCUT2D eigenvalue weighted by molar-refractivity contribution is 0.751. The number of aromatic nitrogens is 1. The summed E-state index contributed by atoms with van der Waals surface area (Å²) >= 11 is 0. The number of hydrogen-bond donors (Lipinski definition) is 1. The molecule has 0 saturated heterocycles. The van der Waals surface area contributed by atoms with Crippen molar-refractivity contribution < 1.29 is 0 Å². The summed E-state index contributed by atoms with van der Waals surface area (Å²) in [4.78, 5) is 6.90. The Kier molecular flexibility index (Phi) is 3.44. The average Bonchev–Trinajstić information content (AvgIpc) is 3.10. The van der Waals surface area contributed by atoms with Crippen LogP contribution in [-0.2, 0) is 0 Å². The van der Waals surface area contributed by atoms with Crippen LogP contribution in [0.2, 0.25) is 0 Å². The van der Waals surface area contributed by atoms with Crippen molar-refractivity contribution in [2.24, 2.45) is 5.73 Å². The van der Waals surface area contributed by atoms with E-state index in [-0.39, 0.29) is 6.04 Å². The fourth-order valence-corrected chi connectivity index (χ4v) is 1.99. The van der Waals surface area contributed by atoms with Gasteiger partial charge in [-0.15, -0.1) is 0 Å². The van der Waals surface area contributed by atoms with Gasteiger partial charge < -0.3 is 10.6 Å². The Labute approximate surface area is 97.7 Å². The van der Waals surface area contributed by atoms with E-state index < -0.39 is 0 Å². The summed E-state index contributed by atoms with van der Waals surface area (Å²) in [5.74, 6) is 0. The van der Waals surface area contributed by atoms with Crippen LogP contribution in [0.25, 0.3) is 0 Å². The fourth-order valence-electron chi connectivity index (χ4n) is 1.99. The number of rotatable bonds is 5. The summed E-state index contributed by atoms with van der Waals surface area (Å²) in [5, 5.41) is 0. The first-order chi connectivity index (χ1) is 7.72. The first-order valence-electron chi connectivity index (χ1n) is 6.20. The molecule has 0 radical (unpaired) electrons. The summed E-state index contributed by atoms with van der Waals surface area (Å²) in [7, 11) is 0. The lowest BCUT2D eigenvalue weighted by atomic mass is 10.2. The van der Waals surface area contributed by atoms with Crippen molar-refractivity contribution in [2.45, 2.75) is 45.2 Å². The molecule has 1 aromatic rings. The maximum absolute atomic E-state index is 5.79. The van der Waals surface area contributed by atoms with E-state index in [2.05, 4.69) is 22.9 Å². The zero-order valence-corrected chi connectivity index (χ0v) is 10.2. The SMILES string of the molecule is CCCN(c1ccc([C@@H](C)N)nc1)C1CC1. The van der Waals surface area contributed by atoms with Crippen LogP contribution in [0.4, 0.5) is 5.69 Å². The van der Waals surface area contributed by atoms with Crippen LogP contribution in [0.5, 0.6) is 0 Å². The number of nitrogens with zero attached hydrogens (tertiary/aromatic N) is 2. The quantitative estimate of drug-likeness (QED) is 0.827. The van der Waals surface area contributed by atoms with E-state index in [4.69, 9.17) is 5.73 Å². The fraction of sp³-hybridized carbons (Fsp3) is 0.615. The second kappa shape index (κ2) is 4.83. The van der Waals surface area contributed by atoms with Gasteiger partial charge in [-0.25, -0.2) is 0 Å². The molecule has 0 bridgehead atoms. The van der Waals surface area contributed by atoms with E-state index in [1.807, 2.05) is 19.2 Å². The van der Waals surface area contributed by atoms with Crippen molar-refractivity contribution >= 4 is 5.69 Å². The molecular weight excluding hydrogens is 198 g/mol. The van der Waals surface area contributed by atoms with Crippen LogP contribution in [0.1, 0.15) is 44.8 Å². The highest BCUT2D eigenvalue weighted by molar-refractivity contribution is 5.47. The molecule has 1 aromatic heterocycles. The van der Waals surface area contributed by atoms with E-state index >= 15 is 0 Å². The minimum atomic E-state index is 0.0228. The lowest BCUT2D eigenvalue weighted by Gasteiger charge is -2.24. The smallest absolute Gasteiger partial charge is 0.0569 e. The first kappa shape index (κ1) is 11.4. The van der Waals surface area contributed by atoms with Crippen molar-refractivity contribution in [3.05, 3.63) is 24.0 Å². The summed E-state index contributed by atoms with van der Waals surface area (Å²) < 4.78 is 0. The van der Waals surface area contributed by atoms with Gasteiger partial charge in [0.05, 0.1) is 17.6 Å². The van der Waals surface area contributed by atoms with Gasteiger partial charge >= 0.3 is 0 Å². The van der Waals surface area contributed by atoms with Gasteiger partial charge in [-0.1, -0.05) is 6.92 Å². The topological polar surface area (TPSA) is 42.1 Å². The standard InChI is InChI=1S/C13H21N3/c1-3-8-16(11-4-5-11)12-6-7-13(10(2)14)15-9-12/h6-7,9-11H,3-5,8,14H2,1-2H3/t10-/m1/s1. The highest BCUT2D eigenvalue weighted by Gasteiger charge is 2.28. The number of hydrogen-bond acceptors (Lipinski definition) is 3. The van der Waals surface area contributed by atoms with Crippen molar-refractivity contribution in [3.8, 4) is 0 Å².